The smallest absolute Gasteiger partial charge is 0.326 e. The molecule has 2 aromatic carbocycles. The lowest BCUT2D eigenvalue weighted by atomic mass is 10.0. The zero-order chi connectivity index (χ0) is 25.9. The number of fused-ring (bicyclic) bond motifs is 3. The number of pyridine rings is 1. The minimum Gasteiger partial charge on any atom is -0.333 e. The number of nitriles is 1. The van der Waals surface area contributed by atoms with Gasteiger partial charge in [-0.15, -0.1) is 12.4 Å². The molecule has 1 aliphatic rings. The van der Waals surface area contributed by atoms with E-state index in [1.54, 1.807) is 22.9 Å². The van der Waals surface area contributed by atoms with Crippen molar-refractivity contribution in [3.05, 3.63) is 104 Å². The molecule has 5 rings (SSSR count). The summed E-state index contributed by atoms with van der Waals surface area (Å²) in [5.41, 5.74) is 4.62. The van der Waals surface area contributed by atoms with Crippen LogP contribution in [0.1, 0.15) is 27.9 Å². The van der Waals surface area contributed by atoms with Crippen LogP contribution in [0, 0.1) is 17.1 Å². The van der Waals surface area contributed by atoms with Crippen LogP contribution in [0.15, 0.2) is 65.3 Å². The second kappa shape index (κ2) is 12.1. The van der Waals surface area contributed by atoms with Gasteiger partial charge in [-0.25, -0.2) is 14.2 Å². The summed E-state index contributed by atoms with van der Waals surface area (Å²) in [6.45, 7) is 2.49. The van der Waals surface area contributed by atoms with Gasteiger partial charge < -0.3 is 5.32 Å². The van der Waals surface area contributed by atoms with Crippen molar-refractivity contribution >= 4 is 62.9 Å². The standard InChI is InChI=1S/C28H22BrClFN5O.ClH/c29-21-5-6-25-22(14-21)23-17-35(10-1-2-18-3-4-20(15-32)24(31)12-18)11-8-26(23)36(25)28(37)34-16-19-7-9-33-27(30)13-19;/h1-7,9,12-14H,8,10-11,16-17H2,(H,34,37);1H/b2-1+;. The predicted molar refractivity (Wildman–Crippen MR) is 153 cm³/mol. The molecule has 0 bridgehead atoms. The molecular weight excluding hydrogens is 592 g/mol. The number of rotatable bonds is 5. The van der Waals surface area contributed by atoms with Gasteiger partial charge in [-0.2, -0.15) is 5.26 Å². The third-order valence-corrected chi connectivity index (χ3v) is 7.11. The lowest BCUT2D eigenvalue weighted by Gasteiger charge is -2.27. The van der Waals surface area contributed by atoms with Crippen molar-refractivity contribution in [2.45, 2.75) is 19.5 Å². The number of nitrogens with zero attached hydrogens (tertiary/aromatic N) is 4. The Morgan fingerprint density at radius 2 is 2.08 bits per heavy atom. The molecule has 1 N–H and O–H groups in total. The van der Waals surface area contributed by atoms with Crippen LogP contribution >= 0.6 is 39.9 Å². The van der Waals surface area contributed by atoms with Crippen molar-refractivity contribution < 1.29 is 9.18 Å². The van der Waals surface area contributed by atoms with Crippen LogP contribution in [-0.2, 0) is 19.5 Å². The summed E-state index contributed by atoms with van der Waals surface area (Å²) >= 11 is 9.55. The van der Waals surface area contributed by atoms with Gasteiger partial charge >= 0.3 is 6.03 Å². The van der Waals surface area contributed by atoms with Crippen LogP contribution in [0.4, 0.5) is 9.18 Å². The highest BCUT2D eigenvalue weighted by Gasteiger charge is 2.26. The molecule has 38 heavy (non-hydrogen) atoms. The normalized spacial score (nSPS) is 13.2. The summed E-state index contributed by atoms with van der Waals surface area (Å²) in [7, 11) is 0. The summed E-state index contributed by atoms with van der Waals surface area (Å²) < 4.78 is 16.6. The highest BCUT2D eigenvalue weighted by molar-refractivity contribution is 9.10. The number of amides is 1. The van der Waals surface area contributed by atoms with Crippen molar-refractivity contribution in [2.75, 3.05) is 13.1 Å². The topological polar surface area (TPSA) is 74.0 Å². The van der Waals surface area contributed by atoms with Gasteiger partial charge in [0, 0.05) is 54.3 Å². The first-order valence-corrected chi connectivity index (χ1v) is 12.9. The van der Waals surface area contributed by atoms with Crippen LogP contribution in [0.5, 0.6) is 0 Å². The largest absolute Gasteiger partial charge is 0.333 e. The minimum absolute atomic E-state index is 0. The summed E-state index contributed by atoms with van der Waals surface area (Å²) in [4.78, 5) is 19.6. The Morgan fingerprint density at radius 1 is 1.24 bits per heavy atom. The molecule has 0 aliphatic carbocycles. The average Bonchev–Trinajstić information content (AvgIpc) is 3.20. The van der Waals surface area contributed by atoms with Gasteiger partial charge in [0.25, 0.3) is 0 Å². The molecule has 0 radical (unpaired) electrons. The fraction of sp³-hybridized carbons (Fsp3) is 0.179. The Bertz CT molecular complexity index is 1580. The molecule has 0 saturated carbocycles. The van der Waals surface area contributed by atoms with Crippen LogP contribution in [-0.4, -0.2) is 33.6 Å². The average molecular weight is 615 g/mol. The summed E-state index contributed by atoms with van der Waals surface area (Å²) in [6, 6.07) is 15.8. The van der Waals surface area contributed by atoms with Gasteiger partial charge in [-0.05, 0) is 59.2 Å². The zero-order valence-corrected chi connectivity index (χ0v) is 23.3. The van der Waals surface area contributed by atoms with Crippen LogP contribution < -0.4 is 5.32 Å². The minimum atomic E-state index is -0.518. The Labute approximate surface area is 239 Å². The van der Waals surface area contributed by atoms with Gasteiger partial charge in [0.15, 0.2) is 0 Å². The Morgan fingerprint density at radius 3 is 2.84 bits per heavy atom. The van der Waals surface area contributed by atoms with E-state index >= 15 is 0 Å². The Kier molecular flexibility index (Phi) is 8.85. The number of hydrogen-bond donors (Lipinski definition) is 1. The maximum absolute atomic E-state index is 13.9. The molecule has 4 aromatic rings. The highest BCUT2D eigenvalue weighted by atomic mass is 79.9. The molecule has 3 heterocycles. The lowest BCUT2D eigenvalue weighted by molar-refractivity contribution is 0.240. The first-order chi connectivity index (χ1) is 17.9. The van der Waals surface area contributed by atoms with Gasteiger partial charge in [-0.3, -0.25) is 9.47 Å². The molecule has 0 unspecified atom stereocenters. The number of halogens is 4. The van der Waals surface area contributed by atoms with E-state index in [-0.39, 0.29) is 24.0 Å². The van der Waals surface area contributed by atoms with E-state index in [9.17, 15) is 9.18 Å². The van der Waals surface area contributed by atoms with Crippen LogP contribution in [0.25, 0.3) is 17.0 Å². The zero-order valence-electron chi connectivity index (χ0n) is 20.1. The Hall–Kier alpha value is -3.22. The van der Waals surface area contributed by atoms with Crippen LogP contribution in [0.3, 0.4) is 0 Å². The molecule has 0 saturated heterocycles. The monoisotopic (exact) mass is 613 g/mol. The van der Waals surface area contributed by atoms with Gasteiger partial charge in [0.05, 0.1) is 11.1 Å². The highest BCUT2D eigenvalue weighted by Crippen LogP contribution is 2.33. The predicted octanol–water partition coefficient (Wildman–Crippen LogP) is 6.71. The summed E-state index contributed by atoms with van der Waals surface area (Å²) in [6.07, 6.45) is 6.19. The lowest BCUT2D eigenvalue weighted by Crippen LogP contribution is -2.34. The number of carbonyl (C=O) groups excluding carboxylic acids is 1. The molecule has 0 spiro atoms. The van der Waals surface area contributed by atoms with Gasteiger partial charge in [0.1, 0.15) is 17.0 Å². The number of carbonyl (C=O) groups is 1. The maximum Gasteiger partial charge on any atom is 0.326 e. The van der Waals surface area contributed by atoms with E-state index in [1.165, 1.54) is 12.1 Å². The second-order valence-electron chi connectivity index (χ2n) is 8.81. The van der Waals surface area contributed by atoms with Crippen molar-refractivity contribution in [3.8, 4) is 6.07 Å². The number of benzene rings is 2. The van der Waals surface area contributed by atoms with E-state index in [0.29, 0.717) is 30.4 Å². The summed E-state index contributed by atoms with van der Waals surface area (Å²) in [5.74, 6) is -0.518. The molecule has 0 atom stereocenters. The molecular formula is C28H23BrCl2FN5O. The number of hydrogen-bond acceptors (Lipinski definition) is 4. The SMILES string of the molecule is Cl.N#Cc1ccc(/C=C/CN2CCc3c(c4cc(Br)ccc4n3C(=O)NCc3ccnc(Cl)c3)C2)cc1F. The molecule has 194 valence electrons. The number of aromatic nitrogens is 2. The first-order valence-electron chi connectivity index (χ1n) is 11.7. The van der Waals surface area contributed by atoms with Crippen molar-refractivity contribution in [3.63, 3.8) is 0 Å². The third kappa shape index (κ3) is 5.92. The van der Waals surface area contributed by atoms with E-state index in [0.717, 1.165) is 45.2 Å². The fourth-order valence-electron chi connectivity index (χ4n) is 4.65. The van der Waals surface area contributed by atoms with Gasteiger partial charge in [0.2, 0.25) is 0 Å². The second-order valence-corrected chi connectivity index (χ2v) is 10.1. The third-order valence-electron chi connectivity index (χ3n) is 6.41. The molecule has 0 fully saturated rings. The maximum atomic E-state index is 13.9. The van der Waals surface area contributed by atoms with E-state index < -0.39 is 5.82 Å². The Balaban J connectivity index is 0.00000336. The van der Waals surface area contributed by atoms with E-state index in [1.807, 2.05) is 36.4 Å². The molecule has 10 heteroatoms. The summed E-state index contributed by atoms with van der Waals surface area (Å²) in [5, 5.41) is 13.3. The van der Waals surface area contributed by atoms with E-state index in [4.69, 9.17) is 16.9 Å². The van der Waals surface area contributed by atoms with E-state index in [2.05, 4.69) is 37.2 Å². The number of nitrogens with one attached hydrogen (secondary N) is 1. The quantitative estimate of drug-likeness (QED) is 0.253. The van der Waals surface area contributed by atoms with Crippen molar-refractivity contribution in [2.24, 2.45) is 0 Å². The first kappa shape index (κ1) is 27.8. The fourth-order valence-corrected chi connectivity index (χ4v) is 5.20. The molecule has 1 amide bonds. The molecule has 2 aromatic heterocycles. The molecule has 6 nitrogen and oxygen atoms in total. The van der Waals surface area contributed by atoms with Crippen molar-refractivity contribution in [1.29, 1.82) is 5.26 Å². The van der Waals surface area contributed by atoms with Crippen LogP contribution in [0.2, 0.25) is 5.15 Å². The molecule has 1 aliphatic heterocycles. The van der Waals surface area contributed by atoms with Crippen molar-refractivity contribution in [1.82, 2.24) is 19.8 Å². The van der Waals surface area contributed by atoms with Gasteiger partial charge in [-0.1, -0.05) is 45.7 Å².